The van der Waals surface area contributed by atoms with Gasteiger partial charge in [-0.25, -0.2) is 0 Å². The Hall–Kier alpha value is -0.0800. The SMILES string of the molecule is CCN(CC)CCCCCCCCCCCCCCCCN(CC)CC. The van der Waals surface area contributed by atoms with Gasteiger partial charge in [0, 0.05) is 0 Å². The molecule has 0 spiro atoms. The molecule has 0 atom stereocenters. The van der Waals surface area contributed by atoms with E-state index in [9.17, 15) is 0 Å². The van der Waals surface area contributed by atoms with E-state index in [1.54, 1.807) is 0 Å². The third kappa shape index (κ3) is 17.3. The Morgan fingerprint density at radius 1 is 0.308 bits per heavy atom. The molecule has 0 saturated carbocycles. The molecule has 2 heteroatoms. The molecule has 0 aliphatic carbocycles. The van der Waals surface area contributed by atoms with Crippen molar-refractivity contribution >= 4 is 0 Å². The second-order valence-electron chi connectivity index (χ2n) is 8.00. The van der Waals surface area contributed by atoms with E-state index < -0.39 is 0 Å². The highest BCUT2D eigenvalue weighted by molar-refractivity contribution is 4.55. The second-order valence-corrected chi connectivity index (χ2v) is 8.00. The van der Waals surface area contributed by atoms with Gasteiger partial charge in [0.1, 0.15) is 0 Å². The van der Waals surface area contributed by atoms with Crippen LogP contribution in [0.3, 0.4) is 0 Å². The van der Waals surface area contributed by atoms with Gasteiger partial charge in [-0.1, -0.05) is 105 Å². The maximum Gasteiger partial charge on any atom is -0.00190 e. The summed E-state index contributed by atoms with van der Waals surface area (Å²) in [6.45, 7) is 16.6. The fraction of sp³-hybridized carbons (Fsp3) is 1.00. The maximum absolute atomic E-state index is 2.55. The zero-order valence-corrected chi connectivity index (χ0v) is 19.0. The van der Waals surface area contributed by atoms with Gasteiger partial charge < -0.3 is 9.80 Å². The van der Waals surface area contributed by atoms with Crippen LogP contribution in [-0.4, -0.2) is 49.1 Å². The van der Waals surface area contributed by atoms with Crippen LogP contribution in [0.1, 0.15) is 118 Å². The summed E-state index contributed by atoms with van der Waals surface area (Å²) in [5.74, 6) is 0. The molecule has 0 aromatic heterocycles. The summed E-state index contributed by atoms with van der Waals surface area (Å²) in [6, 6.07) is 0. The maximum atomic E-state index is 2.55. The van der Waals surface area contributed by atoms with Crippen LogP contribution in [0.5, 0.6) is 0 Å². The summed E-state index contributed by atoms with van der Waals surface area (Å²) in [7, 11) is 0. The van der Waals surface area contributed by atoms with Gasteiger partial charge in [0.05, 0.1) is 0 Å². The largest absolute Gasteiger partial charge is 0.304 e. The number of unbranched alkanes of at least 4 members (excludes halogenated alkanes) is 13. The third-order valence-electron chi connectivity index (χ3n) is 5.99. The van der Waals surface area contributed by atoms with Gasteiger partial charge in [-0.3, -0.25) is 0 Å². The fourth-order valence-electron chi connectivity index (χ4n) is 3.87. The van der Waals surface area contributed by atoms with Crippen LogP contribution in [0.15, 0.2) is 0 Å². The highest BCUT2D eigenvalue weighted by atomic mass is 15.1. The molecule has 158 valence electrons. The molecule has 0 N–H and O–H groups in total. The van der Waals surface area contributed by atoms with Gasteiger partial charge >= 0.3 is 0 Å². The minimum absolute atomic E-state index is 1.22. The molecular weight excluding hydrogens is 316 g/mol. The van der Waals surface area contributed by atoms with E-state index in [1.165, 1.54) is 129 Å². The standard InChI is InChI=1S/C24H52N2/c1-5-25(6-2)23-21-19-17-15-13-11-9-10-12-14-16-18-20-22-24-26(7-3)8-4/h5-24H2,1-4H3. The van der Waals surface area contributed by atoms with Gasteiger partial charge in [0.15, 0.2) is 0 Å². The van der Waals surface area contributed by atoms with Crippen molar-refractivity contribution in [3.63, 3.8) is 0 Å². The molecule has 0 radical (unpaired) electrons. The molecule has 0 fully saturated rings. The zero-order chi connectivity index (χ0) is 19.3. The molecule has 0 aliphatic rings. The van der Waals surface area contributed by atoms with Gasteiger partial charge in [-0.15, -0.1) is 0 Å². The van der Waals surface area contributed by atoms with Gasteiger partial charge in [-0.05, 0) is 52.1 Å². The van der Waals surface area contributed by atoms with E-state index in [1.807, 2.05) is 0 Å². The Morgan fingerprint density at radius 2 is 0.500 bits per heavy atom. The number of rotatable bonds is 21. The highest BCUT2D eigenvalue weighted by Gasteiger charge is 1.99. The van der Waals surface area contributed by atoms with Crippen molar-refractivity contribution in [2.24, 2.45) is 0 Å². The molecule has 0 amide bonds. The van der Waals surface area contributed by atoms with Crippen molar-refractivity contribution in [1.29, 1.82) is 0 Å². The highest BCUT2D eigenvalue weighted by Crippen LogP contribution is 2.13. The predicted octanol–water partition coefficient (Wildman–Crippen LogP) is 7.13. The van der Waals surface area contributed by atoms with Crippen molar-refractivity contribution in [3.8, 4) is 0 Å². The van der Waals surface area contributed by atoms with Crippen molar-refractivity contribution in [2.75, 3.05) is 39.3 Å². The Labute approximate surface area is 167 Å². The first kappa shape index (κ1) is 25.9. The summed E-state index contributed by atoms with van der Waals surface area (Å²) < 4.78 is 0. The summed E-state index contributed by atoms with van der Waals surface area (Å²) in [5.41, 5.74) is 0. The van der Waals surface area contributed by atoms with Gasteiger partial charge in [0.2, 0.25) is 0 Å². The van der Waals surface area contributed by atoms with Crippen molar-refractivity contribution in [2.45, 2.75) is 118 Å². The molecule has 0 unspecified atom stereocenters. The monoisotopic (exact) mass is 368 g/mol. The van der Waals surface area contributed by atoms with E-state index in [0.29, 0.717) is 0 Å². The van der Waals surface area contributed by atoms with E-state index in [0.717, 1.165) is 0 Å². The first-order valence-corrected chi connectivity index (χ1v) is 12.2. The normalized spacial score (nSPS) is 11.8. The Morgan fingerprint density at radius 3 is 0.692 bits per heavy atom. The van der Waals surface area contributed by atoms with Crippen LogP contribution in [0.4, 0.5) is 0 Å². The second kappa shape index (κ2) is 21.2. The van der Waals surface area contributed by atoms with E-state index in [4.69, 9.17) is 0 Å². The van der Waals surface area contributed by atoms with Crippen molar-refractivity contribution in [1.82, 2.24) is 9.80 Å². The lowest BCUT2D eigenvalue weighted by atomic mass is 10.0. The van der Waals surface area contributed by atoms with E-state index >= 15 is 0 Å². The fourth-order valence-corrected chi connectivity index (χ4v) is 3.87. The smallest absolute Gasteiger partial charge is 0.00190 e. The van der Waals surface area contributed by atoms with Crippen LogP contribution >= 0.6 is 0 Å². The lowest BCUT2D eigenvalue weighted by Crippen LogP contribution is -2.23. The molecule has 0 aromatic rings. The number of nitrogens with zero attached hydrogens (tertiary/aromatic N) is 2. The molecule has 26 heavy (non-hydrogen) atoms. The minimum Gasteiger partial charge on any atom is -0.304 e. The van der Waals surface area contributed by atoms with Gasteiger partial charge in [0.25, 0.3) is 0 Å². The van der Waals surface area contributed by atoms with Crippen LogP contribution in [-0.2, 0) is 0 Å². The summed E-state index contributed by atoms with van der Waals surface area (Å²) in [6.07, 6.45) is 20.3. The molecular formula is C24H52N2. The number of hydrogen-bond donors (Lipinski definition) is 0. The Balaban J connectivity index is 3.11. The first-order chi connectivity index (χ1) is 12.8. The first-order valence-electron chi connectivity index (χ1n) is 12.2. The van der Waals surface area contributed by atoms with Crippen molar-refractivity contribution < 1.29 is 0 Å². The Kier molecular flexibility index (Phi) is 21.2. The third-order valence-corrected chi connectivity index (χ3v) is 5.99. The lowest BCUT2D eigenvalue weighted by Gasteiger charge is -2.17. The zero-order valence-electron chi connectivity index (χ0n) is 19.0. The summed E-state index contributed by atoms with van der Waals surface area (Å²) in [5, 5.41) is 0. The Bertz CT molecular complexity index is 221. The molecule has 0 aliphatic heterocycles. The average molecular weight is 369 g/mol. The molecule has 0 saturated heterocycles. The topological polar surface area (TPSA) is 6.48 Å². The summed E-state index contributed by atoms with van der Waals surface area (Å²) >= 11 is 0. The average Bonchev–Trinajstić information content (AvgIpc) is 2.67. The molecule has 2 nitrogen and oxygen atoms in total. The summed E-state index contributed by atoms with van der Waals surface area (Å²) in [4.78, 5) is 5.09. The molecule has 0 heterocycles. The molecule has 0 bridgehead atoms. The lowest BCUT2D eigenvalue weighted by molar-refractivity contribution is 0.295. The van der Waals surface area contributed by atoms with E-state index in [-0.39, 0.29) is 0 Å². The van der Waals surface area contributed by atoms with Gasteiger partial charge in [-0.2, -0.15) is 0 Å². The quantitative estimate of drug-likeness (QED) is 0.199. The van der Waals surface area contributed by atoms with Crippen LogP contribution in [0.2, 0.25) is 0 Å². The molecule has 0 rings (SSSR count). The molecule has 0 aromatic carbocycles. The van der Waals surface area contributed by atoms with Crippen LogP contribution in [0.25, 0.3) is 0 Å². The number of hydrogen-bond acceptors (Lipinski definition) is 2. The predicted molar refractivity (Wildman–Crippen MR) is 120 cm³/mol. The van der Waals surface area contributed by atoms with E-state index in [2.05, 4.69) is 37.5 Å². The van der Waals surface area contributed by atoms with Crippen LogP contribution < -0.4 is 0 Å². The minimum atomic E-state index is 1.22. The van der Waals surface area contributed by atoms with Crippen molar-refractivity contribution in [3.05, 3.63) is 0 Å². The van der Waals surface area contributed by atoms with Crippen LogP contribution in [0, 0.1) is 0 Å².